The van der Waals surface area contributed by atoms with Crippen LogP contribution >= 0.6 is 0 Å². The standard InChI is InChI=1S/C21H20FN5O3/c1-2-30-13-7-8-15(23-9-13)17-25-26-18(27(17)16-6-4-3-5-14(16)22)20-10-21(11-20,12-20)24-19(28)29/h3-9,24H,2,10-12H2,1H3,(H,28,29). The first-order chi connectivity index (χ1) is 14.5. The van der Waals surface area contributed by atoms with E-state index in [1.54, 1.807) is 41.1 Å². The zero-order valence-corrected chi connectivity index (χ0v) is 16.3. The molecule has 6 rings (SSSR count). The quantitative estimate of drug-likeness (QED) is 0.648. The zero-order chi connectivity index (χ0) is 20.9. The van der Waals surface area contributed by atoms with Gasteiger partial charge >= 0.3 is 6.09 Å². The summed E-state index contributed by atoms with van der Waals surface area (Å²) in [6.07, 6.45) is 2.44. The smallest absolute Gasteiger partial charge is 0.405 e. The molecule has 0 saturated heterocycles. The molecular formula is C21H20FN5O3. The SMILES string of the molecule is CCOc1ccc(-c2nnc(C34CC(NC(=O)O)(C3)C4)n2-c2ccccc2F)nc1. The highest BCUT2D eigenvalue weighted by molar-refractivity contribution is 5.67. The number of pyridine rings is 1. The van der Waals surface area contributed by atoms with Gasteiger partial charge in [-0.15, -0.1) is 10.2 Å². The predicted octanol–water partition coefficient (Wildman–Crippen LogP) is 3.31. The number of nitrogens with one attached hydrogen (secondary N) is 1. The molecule has 30 heavy (non-hydrogen) atoms. The van der Waals surface area contributed by atoms with E-state index in [0.717, 1.165) is 0 Å². The van der Waals surface area contributed by atoms with Gasteiger partial charge in [-0.25, -0.2) is 14.2 Å². The van der Waals surface area contributed by atoms with Crippen molar-refractivity contribution in [3.8, 4) is 23.0 Å². The van der Waals surface area contributed by atoms with Crippen LogP contribution in [-0.2, 0) is 5.41 Å². The molecule has 0 aliphatic heterocycles. The van der Waals surface area contributed by atoms with Gasteiger partial charge in [-0.05, 0) is 50.5 Å². The maximum absolute atomic E-state index is 14.8. The number of nitrogens with zero attached hydrogens (tertiary/aromatic N) is 4. The summed E-state index contributed by atoms with van der Waals surface area (Å²) in [4.78, 5) is 15.5. The van der Waals surface area contributed by atoms with E-state index in [4.69, 9.17) is 9.84 Å². The lowest BCUT2D eigenvalue weighted by molar-refractivity contribution is -0.0887. The molecule has 0 spiro atoms. The van der Waals surface area contributed by atoms with E-state index < -0.39 is 17.4 Å². The molecule has 0 radical (unpaired) electrons. The molecular weight excluding hydrogens is 389 g/mol. The number of aromatic nitrogens is 4. The van der Waals surface area contributed by atoms with Crippen LogP contribution in [-0.4, -0.2) is 43.1 Å². The highest BCUT2D eigenvalue weighted by atomic mass is 19.1. The summed E-state index contributed by atoms with van der Waals surface area (Å²) < 4.78 is 21.9. The van der Waals surface area contributed by atoms with Gasteiger partial charge in [0.2, 0.25) is 0 Å². The third kappa shape index (κ3) is 2.72. The number of halogens is 1. The van der Waals surface area contributed by atoms with Crippen molar-refractivity contribution in [3.63, 3.8) is 0 Å². The number of rotatable bonds is 6. The normalized spacial score (nSPS) is 23.9. The Morgan fingerprint density at radius 2 is 2.00 bits per heavy atom. The Balaban J connectivity index is 1.57. The molecule has 3 saturated carbocycles. The van der Waals surface area contributed by atoms with Gasteiger partial charge in [-0.3, -0.25) is 4.57 Å². The summed E-state index contributed by atoms with van der Waals surface area (Å²) >= 11 is 0. The van der Waals surface area contributed by atoms with Gasteiger partial charge in [0.25, 0.3) is 0 Å². The van der Waals surface area contributed by atoms with E-state index >= 15 is 0 Å². The second-order valence-corrected chi connectivity index (χ2v) is 7.97. The van der Waals surface area contributed by atoms with E-state index in [1.807, 2.05) is 6.92 Å². The third-order valence-electron chi connectivity index (χ3n) is 5.91. The van der Waals surface area contributed by atoms with E-state index in [2.05, 4.69) is 20.5 Å². The van der Waals surface area contributed by atoms with Crippen molar-refractivity contribution >= 4 is 6.09 Å². The minimum absolute atomic E-state index is 0.318. The van der Waals surface area contributed by atoms with Gasteiger partial charge in [0.1, 0.15) is 23.1 Å². The minimum atomic E-state index is -1.03. The Kier molecular flexibility index (Phi) is 4.02. The van der Waals surface area contributed by atoms with Crippen molar-refractivity contribution in [2.45, 2.75) is 37.1 Å². The number of hydrogen-bond donors (Lipinski definition) is 2. The monoisotopic (exact) mass is 409 g/mol. The molecule has 154 valence electrons. The van der Waals surface area contributed by atoms with Crippen LogP contribution in [0.1, 0.15) is 32.0 Å². The van der Waals surface area contributed by atoms with Gasteiger partial charge in [0.05, 0.1) is 18.5 Å². The third-order valence-corrected chi connectivity index (χ3v) is 5.91. The van der Waals surface area contributed by atoms with Crippen LogP contribution in [0.25, 0.3) is 17.2 Å². The predicted molar refractivity (Wildman–Crippen MR) is 105 cm³/mol. The van der Waals surface area contributed by atoms with Crippen LogP contribution in [0.2, 0.25) is 0 Å². The highest BCUT2D eigenvalue weighted by Gasteiger charge is 2.71. The van der Waals surface area contributed by atoms with Crippen molar-refractivity contribution < 1.29 is 19.0 Å². The van der Waals surface area contributed by atoms with Crippen LogP contribution < -0.4 is 10.1 Å². The molecule has 8 nitrogen and oxygen atoms in total. The summed E-state index contributed by atoms with van der Waals surface area (Å²) in [7, 11) is 0. The molecule has 2 aromatic heterocycles. The first-order valence-corrected chi connectivity index (χ1v) is 9.76. The summed E-state index contributed by atoms with van der Waals surface area (Å²) in [5.74, 6) is 1.31. The number of carbonyl (C=O) groups is 1. The molecule has 3 aliphatic rings. The molecule has 2 N–H and O–H groups in total. The molecule has 0 unspecified atom stereocenters. The minimum Gasteiger partial charge on any atom is -0.492 e. The Hall–Kier alpha value is -3.49. The number of ether oxygens (including phenoxy) is 1. The average Bonchev–Trinajstić information content (AvgIpc) is 3.09. The van der Waals surface area contributed by atoms with Gasteiger partial charge in [-0.1, -0.05) is 12.1 Å². The molecule has 9 heteroatoms. The molecule has 2 bridgehead atoms. The maximum atomic E-state index is 14.8. The topological polar surface area (TPSA) is 102 Å². The van der Waals surface area contributed by atoms with Crippen molar-refractivity contribution in [1.29, 1.82) is 0 Å². The first kappa shape index (κ1) is 18.5. The lowest BCUT2D eigenvalue weighted by Gasteiger charge is -2.69. The van der Waals surface area contributed by atoms with Crippen LogP contribution in [0, 0.1) is 5.82 Å². The van der Waals surface area contributed by atoms with E-state index in [9.17, 15) is 9.18 Å². The largest absolute Gasteiger partial charge is 0.492 e. The van der Waals surface area contributed by atoms with Crippen LogP contribution in [0.3, 0.4) is 0 Å². The molecule has 1 aromatic carbocycles. The van der Waals surface area contributed by atoms with Crippen molar-refractivity contribution in [3.05, 3.63) is 54.2 Å². The van der Waals surface area contributed by atoms with Crippen LogP contribution in [0.4, 0.5) is 9.18 Å². The lowest BCUT2D eigenvalue weighted by Crippen LogP contribution is -2.77. The number of hydrogen-bond acceptors (Lipinski definition) is 5. The first-order valence-electron chi connectivity index (χ1n) is 9.76. The number of carboxylic acid groups (broad SMARTS) is 1. The molecule has 2 heterocycles. The zero-order valence-electron chi connectivity index (χ0n) is 16.3. The summed E-state index contributed by atoms with van der Waals surface area (Å²) in [5.41, 5.74) is 0.162. The fraction of sp³-hybridized carbons (Fsp3) is 0.333. The van der Waals surface area contributed by atoms with E-state index in [1.165, 1.54) is 6.07 Å². The van der Waals surface area contributed by atoms with Crippen molar-refractivity contribution in [1.82, 2.24) is 25.1 Å². The number of benzene rings is 1. The number of amides is 1. The fourth-order valence-corrected chi connectivity index (χ4v) is 4.80. The molecule has 3 aliphatic carbocycles. The van der Waals surface area contributed by atoms with E-state index in [0.29, 0.717) is 54.6 Å². The second kappa shape index (κ2) is 6.51. The van der Waals surface area contributed by atoms with Gasteiger partial charge in [0, 0.05) is 11.0 Å². The Morgan fingerprint density at radius 3 is 2.63 bits per heavy atom. The maximum Gasteiger partial charge on any atom is 0.405 e. The van der Waals surface area contributed by atoms with E-state index in [-0.39, 0.29) is 5.41 Å². The van der Waals surface area contributed by atoms with Crippen molar-refractivity contribution in [2.75, 3.05) is 6.61 Å². The molecule has 3 aromatic rings. The summed E-state index contributed by atoms with van der Waals surface area (Å²) in [5, 5.41) is 20.4. The Morgan fingerprint density at radius 1 is 1.23 bits per heavy atom. The summed E-state index contributed by atoms with van der Waals surface area (Å²) in [6, 6.07) is 10.0. The molecule has 1 amide bonds. The van der Waals surface area contributed by atoms with Gasteiger partial charge < -0.3 is 15.2 Å². The number of para-hydroxylation sites is 1. The van der Waals surface area contributed by atoms with Gasteiger partial charge in [0.15, 0.2) is 5.82 Å². The van der Waals surface area contributed by atoms with Crippen LogP contribution in [0.5, 0.6) is 5.75 Å². The van der Waals surface area contributed by atoms with Crippen LogP contribution in [0.15, 0.2) is 42.6 Å². The van der Waals surface area contributed by atoms with Crippen molar-refractivity contribution in [2.24, 2.45) is 0 Å². The Labute approximate surface area is 171 Å². The van der Waals surface area contributed by atoms with Gasteiger partial charge in [-0.2, -0.15) is 0 Å². The second-order valence-electron chi connectivity index (χ2n) is 7.97. The molecule has 3 fully saturated rings. The average molecular weight is 409 g/mol. The Bertz CT molecular complexity index is 1110. The highest BCUT2D eigenvalue weighted by Crippen LogP contribution is 2.67. The molecule has 0 atom stereocenters. The lowest BCUT2D eigenvalue weighted by atomic mass is 9.39. The summed E-state index contributed by atoms with van der Waals surface area (Å²) in [6.45, 7) is 2.43. The fourth-order valence-electron chi connectivity index (χ4n) is 4.80.